The quantitative estimate of drug-likeness (QED) is 0.615. The number of carboxylic acids is 1. The molecule has 7 heteroatoms. The molecule has 0 spiro atoms. The minimum Gasteiger partial charge on any atom is -0.480 e. The van der Waals surface area contributed by atoms with Gasteiger partial charge in [-0.25, -0.2) is 9.59 Å². The maximum atomic E-state index is 11.8. The summed E-state index contributed by atoms with van der Waals surface area (Å²) in [5.74, 6) is 4.55. The van der Waals surface area contributed by atoms with Crippen LogP contribution in [0.4, 0.5) is 5.69 Å². The van der Waals surface area contributed by atoms with Gasteiger partial charge in [0.25, 0.3) is 0 Å². The van der Waals surface area contributed by atoms with E-state index in [4.69, 9.17) is 14.6 Å². The van der Waals surface area contributed by atoms with Crippen molar-refractivity contribution in [3.63, 3.8) is 0 Å². The first-order valence-corrected chi connectivity index (χ1v) is 7.42. The SMILES string of the molecule is COCC(Nc1cc(C#CC(C)C)sc1C(=O)OC)C(=O)O. The number of hydrogen-bond donors (Lipinski definition) is 2. The lowest BCUT2D eigenvalue weighted by molar-refractivity contribution is -0.139. The zero-order valence-electron chi connectivity index (χ0n) is 12.9. The number of aliphatic carboxylic acids is 1. The van der Waals surface area contributed by atoms with E-state index >= 15 is 0 Å². The van der Waals surface area contributed by atoms with Crippen LogP contribution in [0.2, 0.25) is 0 Å². The van der Waals surface area contributed by atoms with Crippen LogP contribution in [-0.2, 0) is 14.3 Å². The van der Waals surface area contributed by atoms with Crippen molar-refractivity contribution in [1.29, 1.82) is 0 Å². The molecule has 1 heterocycles. The zero-order chi connectivity index (χ0) is 16.7. The standard InChI is InChI=1S/C15H19NO5S/c1-9(2)5-6-10-7-11(13(22-10)15(19)21-4)16-12(8-20-3)14(17)18/h7,9,12,16H,8H2,1-4H3,(H,17,18). The molecule has 0 bridgehead atoms. The number of ether oxygens (including phenoxy) is 2. The average Bonchev–Trinajstić information content (AvgIpc) is 2.86. The minimum absolute atomic E-state index is 0.0290. The summed E-state index contributed by atoms with van der Waals surface area (Å²) in [5, 5.41) is 11.9. The Morgan fingerprint density at radius 2 is 2.09 bits per heavy atom. The van der Waals surface area contributed by atoms with Crippen LogP contribution in [0.15, 0.2) is 6.07 Å². The Morgan fingerprint density at radius 1 is 1.41 bits per heavy atom. The molecule has 0 fully saturated rings. The molecule has 0 aliphatic carbocycles. The van der Waals surface area contributed by atoms with E-state index < -0.39 is 18.0 Å². The Balaban J connectivity index is 3.12. The molecule has 1 aromatic rings. The molecule has 0 aromatic carbocycles. The lowest BCUT2D eigenvalue weighted by atomic mass is 10.2. The first kappa shape index (κ1) is 18.0. The fourth-order valence-electron chi connectivity index (χ4n) is 1.55. The van der Waals surface area contributed by atoms with Crippen LogP contribution in [0, 0.1) is 17.8 Å². The Hall–Kier alpha value is -2.04. The predicted octanol–water partition coefficient (Wildman–Crippen LogP) is 2.05. The third-order valence-corrected chi connectivity index (χ3v) is 3.58. The second-order valence-electron chi connectivity index (χ2n) is 4.76. The van der Waals surface area contributed by atoms with Gasteiger partial charge in [0.05, 0.1) is 24.3 Å². The monoisotopic (exact) mass is 325 g/mol. The molecule has 0 aliphatic rings. The highest BCUT2D eigenvalue weighted by Gasteiger charge is 2.23. The van der Waals surface area contributed by atoms with Gasteiger partial charge < -0.3 is 19.9 Å². The van der Waals surface area contributed by atoms with Crippen LogP contribution in [-0.4, -0.2) is 43.9 Å². The molecule has 6 nitrogen and oxygen atoms in total. The molecule has 120 valence electrons. The highest BCUT2D eigenvalue weighted by Crippen LogP contribution is 2.28. The maximum absolute atomic E-state index is 11.8. The second-order valence-corrected chi connectivity index (χ2v) is 5.81. The third-order valence-electron chi connectivity index (χ3n) is 2.55. The number of nitrogens with one attached hydrogen (secondary N) is 1. The van der Waals surface area contributed by atoms with Gasteiger partial charge in [-0.3, -0.25) is 0 Å². The summed E-state index contributed by atoms with van der Waals surface area (Å²) in [5.41, 5.74) is 0.384. The van der Waals surface area contributed by atoms with Crippen LogP contribution in [0.3, 0.4) is 0 Å². The van der Waals surface area contributed by atoms with Crippen molar-refractivity contribution in [1.82, 2.24) is 0 Å². The summed E-state index contributed by atoms with van der Waals surface area (Å²) >= 11 is 1.16. The van der Waals surface area contributed by atoms with Crippen LogP contribution < -0.4 is 5.32 Å². The van der Waals surface area contributed by atoms with Gasteiger partial charge in [0.15, 0.2) is 0 Å². The molecule has 22 heavy (non-hydrogen) atoms. The van der Waals surface area contributed by atoms with E-state index in [1.165, 1.54) is 14.2 Å². The number of hydrogen-bond acceptors (Lipinski definition) is 6. The number of thiophene rings is 1. The van der Waals surface area contributed by atoms with E-state index in [-0.39, 0.29) is 17.4 Å². The number of anilines is 1. The van der Waals surface area contributed by atoms with Crippen molar-refractivity contribution >= 4 is 29.0 Å². The molecule has 1 aromatic heterocycles. The third kappa shape index (κ3) is 5.06. The molecule has 1 rings (SSSR count). The molecule has 0 saturated carbocycles. The van der Waals surface area contributed by atoms with E-state index in [1.54, 1.807) is 6.07 Å². The Labute approximate surface area is 133 Å². The van der Waals surface area contributed by atoms with E-state index in [0.717, 1.165) is 11.3 Å². The lowest BCUT2D eigenvalue weighted by Crippen LogP contribution is -2.33. The first-order valence-electron chi connectivity index (χ1n) is 6.61. The first-order chi connectivity index (χ1) is 10.4. The Bertz CT molecular complexity index is 597. The fourth-order valence-corrected chi connectivity index (χ4v) is 2.45. The van der Waals surface area contributed by atoms with Gasteiger partial charge in [-0.1, -0.05) is 25.7 Å². The van der Waals surface area contributed by atoms with Gasteiger partial charge in [-0.15, -0.1) is 11.3 Å². The molecule has 2 N–H and O–H groups in total. The van der Waals surface area contributed by atoms with Gasteiger partial charge in [-0.2, -0.15) is 0 Å². The molecular weight excluding hydrogens is 306 g/mol. The normalized spacial score (nSPS) is 11.5. The van der Waals surface area contributed by atoms with Crippen molar-refractivity contribution in [2.75, 3.05) is 26.1 Å². The van der Waals surface area contributed by atoms with Crippen molar-refractivity contribution in [2.24, 2.45) is 5.92 Å². The number of rotatable bonds is 6. The number of carbonyl (C=O) groups excluding carboxylic acids is 1. The topological polar surface area (TPSA) is 84.9 Å². The van der Waals surface area contributed by atoms with Crippen molar-refractivity contribution in [3.8, 4) is 11.8 Å². The van der Waals surface area contributed by atoms with E-state index in [1.807, 2.05) is 13.8 Å². The van der Waals surface area contributed by atoms with Gasteiger partial charge in [-0.05, 0) is 6.07 Å². The number of carboxylic acid groups (broad SMARTS) is 1. The van der Waals surface area contributed by atoms with Gasteiger partial charge in [0.1, 0.15) is 10.9 Å². The van der Waals surface area contributed by atoms with Crippen LogP contribution in [0.5, 0.6) is 0 Å². The summed E-state index contributed by atoms with van der Waals surface area (Å²) in [6.45, 7) is 3.89. The number of esters is 1. The highest BCUT2D eigenvalue weighted by atomic mass is 32.1. The summed E-state index contributed by atoms with van der Waals surface area (Å²) in [4.78, 5) is 24.0. The minimum atomic E-state index is -1.07. The highest BCUT2D eigenvalue weighted by molar-refractivity contribution is 7.15. The molecular formula is C15H19NO5S. The van der Waals surface area contributed by atoms with Gasteiger partial charge in [0, 0.05) is 13.0 Å². The van der Waals surface area contributed by atoms with E-state index in [9.17, 15) is 9.59 Å². The second kappa shape index (κ2) is 8.41. The van der Waals surface area contributed by atoms with Gasteiger partial charge >= 0.3 is 11.9 Å². The molecule has 0 radical (unpaired) electrons. The van der Waals surface area contributed by atoms with E-state index in [0.29, 0.717) is 10.6 Å². The van der Waals surface area contributed by atoms with E-state index in [2.05, 4.69) is 17.2 Å². The Kier molecular flexibility index (Phi) is 6.89. The molecule has 0 aliphatic heterocycles. The predicted molar refractivity (Wildman–Crippen MR) is 84.3 cm³/mol. The molecule has 1 unspecified atom stereocenters. The number of methoxy groups -OCH3 is 2. The van der Waals surface area contributed by atoms with Crippen molar-refractivity contribution < 1.29 is 24.2 Å². The van der Waals surface area contributed by atoms with Crippen LogP contribution >= 0.6 is 11.3 Å². The average molecular weight is 325 g/mol. The molecule has 0 saturated heterocycles. The Morgan fingerprint density at radius 3 is 2.59 bits per heavy atom. The maximum Gasteiger partial charge on any atom is 0.350 e. The number of carbonyl (C=O) groups is 2. The largest absolute Gasteiger partial charge is 0.480 e. The van der Waals surface area contributed by atoms with Gasteiger partial charge in [0.2, 0.25) is 0 Å². The zero-order valence-corrected chi connectivity index (χ0v) is 13.7. The summed E-state index contributed by atoms with van der Waals surface area (Å²) in [6.07, 6.45) is 0. The van der Waals surface area contributed by atoms with Crippen molar-refractivity contribution in [3.05, 3.63) is 15.8 Å². The lowest BCUT2D eigenvalue weighted by Gasteiger charge is -2.14. The molecule has 0 amide bonds. The van der Waals surface area contributed by atoms with Crippen LogP contribution in [0.25, 0.3) is 0 Å². The summed E-state index contributed by atoms with van der Waals surface area (Å²) in [6, 6.07) is 0.687. The summed E-state index contributed by atoms with van der Waals surface area (Å²) in [7, 11) is 2.68. The fraction of sp³-hybridized carbons (Fsp3) is 0.467. The smallest absolute Gasteiger partial charge is 0.350 e. The van der Waals surface area contributed by atoms with Crippen LogP contribution in [0.1, 0.15) is 28.4 Å². The molecule has 1 atom stereocenters. The summed E-state index contributed by atoms with van der Waals surface area (Å²) < 4.78 is 9.59. The van der Waals surface area contributed by atoms with Crippen molar-refractivity contribution in [2.45, 2.75) is 19.9 Å².